The zero-order valence-corrected chi connectivity index (χ0v) is 12.3. The molecule has 2 aliphatic heterocycles. The molecular formula is C12H22N2O4S. The van der Waals surface area contributed by atoms with E-state index in [1.807, 2.05) is 11.8 Å². The SMILES string of the molecule is CC1(C(=O)N2CCC(CNS(C)(=O)=O)CC2)COC1. The number of hydrogen-bond acceptors (Lipinski definition) is 4. The van der Waals surface area contributed by atoms with Crippen LogP contribution in [0.25, 0.3) is 0 Å². The molecule has 110 valence electrons. The lowest BCUT2D eigenvalue weighted by molar-refractivity contribution is -0.170. The van der Waals surface area contributed by atoms with Gasteiger partial charge < -0.3 is 9.64 Å². The van der Waals surface area contributed by atoms with Crippen LogP contribution in [0.5, 0.6) is 0 Å². The lowest BCUT2D eigenvalue weighted by Crippen LogP contribution is -2.55. The fraction of sp³-hybridized carbons (Fsp3) is 0.917. The van der Waals surface area contributed by atoms with E-state index in [2.05, 4.69) is 4.72 Å². The number of carbonyl (C=O) groups is 1. The summed E-state index contributed by atoms with van der Waals surface area (Å²) < 4.78 is 29.7. The van der Waals surface area contributed by atoms with E-state index in [1.54, 1.807) is 0 Å². The van der Waals surface area contributed by atoms with Crippen molar-refractivity contribution in [3.8, 4) is 0 Å². The maximum atomic E-state index is 12.3. The Bertz CT molecular complexity index is 437. The molecule has 2 aliphatic rings. The van der Waals surface area contributed by atoms with Gasteiger partial charge in [0.25, 0.3) is 0 Å². The molecule has 0 aromatic carbocycles. The van der Waals surface area contributed by atoms with E-state index in [9.17, 15) is 13.2 Å². The van der Waals surface area contributed by atoms with Crippen LogP contribution in [0.1, 0.15) is 19.8 Å². The second-order valence-electron chi connectivity index (χ2n) is 5.91. The van der Waals surface area contributed by atoms with E-state index in [0.29, 0.717) is 38.8 Å². The average Bonchev–Trinajstić information content (AvgIpc) is 2.32. The average molecular weight is 290 g/mol. The van der Waals surface area contributed by atoms with Gasteiger partial charge in [0.05, 0.1) is 24.9 Å². The quantitative estimate of drug-likeness (QED) is 0.779. The summed E-state index contributed by atoms with van der Waals surface area (Å²) in [5, 5.41) is 0. The topological polar surface area (TPSA) is 75.7 Å². The van der Waals surface area contributed by atoms with E-state index in [1.165, 1.54) is 6.26 Å². The van der Waals surface area contributed by atoms with Gasteiger partial charge in [-0.25, -0.2) is 13.1 Å². The highest BCUT2D eigenvalue weighted by molar-refractivity contribution is 7.88. The highest BCUT2D eigenvalue weighted by Gasteiger charge is 2.44. The van der Waals surface area contributed by atoms with Crippen molar-refractivity contribution >= 4 is 15.9 Å². The predicted molar refractivity (Wildman–Crippen MR) is 71.1 cm³/mol. The van der Waals surface area contributed by atoms with Crippen molar-refractivity contribution in [2.45, 2.75) is 19.8 Å². The monoisotopic (exact) mass is 290 g/mol. The van der Waals surface area contributed by atoms with E-state index in [4.69, 9.17) is 4.74 Å². The molecule has 6 nitrogen and oxygen atoms in total. The van der Waals surface area contributed by atoms with Crippen LogP contribution in [0.4, 0.5) is 0 Å². The van der Waals surface area contributed by atoms with Crippen LogP contribution in [0, 0.1) is 11.3 Å². The smallest absolute Gasteiger partial charge is 0.233 e. The predicted octanol–water partition coefficient (Wildman–Crippen LogP) is -0.189. The number of sulfonamides is 1. The lowest BCUT2D eigenvalue weighted by atomic mass is 9.85. The fourth-order valence-corrected chi connectivity index (χ4v) is 3.06. The second-order valence-corrected chi connectivity index (χ2v) is 7.74. The zero-order valence-electron chi connectivity index (χ0n) is 11.5. The van der Waals surface area contributed by atoms with Gasteiger partial charge in [0.1, 0.15) is 0 Å². The zero-order chi connectivity index (χ0) is 14.1. The molecule has 2 heterocycles. The van der Waals surface area contributed by atoms with Crippen LogP contribution in [0.3, 0.4) is 0 Å². The van der Waals surface area contributed by atoms with Crippen molar-refractivity contribution in [3.63, 3.8) is 0 Å². The minimum atomic E-state index is -3.12. The Balaban J connectivity index is 1.78. The molecule has 2 rings (SSSR count). The highest BCUT2D eigenvalue weighted by Crippen LogP contribution is 2.30. The summed E-state index contributed by atoms with van der Waals surface area (Å²) in [6.07, 6.45) is 2.87. The van der Waals surface area contributed by atoms with E-state index >= 15 is 0 Å². The summed E-state index contributed by atoms with van der Waals surface area (Å²) in [5.74, 6) is 0.498. The van der Waals surface area contributed by atoms with Gasteiger partial charge in [-0.05, 0) is 25.7 Å². The molecule has 0 aliphatic carbocycles. The van der Waals surface area contributed by atoms with Gasteiger partial charge in [-0.2, -0.15) is 0 Å². The van der Waals surface area contributed by atoms with Crippen LogP contribution in [-0.4, -0.2) is 58.3 Å². The maximum absolute atomic E-state index is 12.3. The summed E-state index contributed by atoms with van der Waals surface area (Å²) >= 11 is 0. The van der Waals surface area contributed by atoms with Gasteiger partial charge in [0.15, 0.2) is 0 Å². The normalized spacial score (nSPS) is 24.0. The summed E-state index contributed by atoms with van der Waals surface area (Å²) in [4.78, 5) is 14.1. The molecule has 0 saturated carbocycles. The lowest BCUT2D eigenvalue weighted by Gasteiger charge is -2.42. The van der Waals surface area contributed by atoms with Crippen molar-refractivity contribution in [3.05, 3.63) is 0 Å². The van der Waals surface area contributed by atoms with Crippen molar-refractivity contribution < 1.29 is 17.9 Å². The number of piperidine rings is 1. The maximum Gasteiger partial charge on any atom is 0.233 e. The number of amides is 1. The summed E-state index contributed by atoms with van der Waals surface area (Å²) in [5.41, 5.74) is -0.335. The summed E-state index contributed by atoms with van der Waals surface area (Å²) in [7, 11) is -3.12. The molecule has 7 heteroatoms. The largest absolute Gasteiger partial charge is 0.379 e. The number of ether oxygens (including phenoxy) is 1. The number of hydrogen-bond donors (Lipinski definition) is 1. The van der Waals surface area contributed by atoms with Gasteiger partial charge in [0, 0.05) is 19.6 Å². The third kappa shape index (κ3) is 3.67. The third-order valence-corrected chi connectivity index (χ3v) is 4.58. The summed E-state index contributed by atoms with van der Waals surface area (Å²) in [6, 6.07) is 0. The van der Waals surface area contributed by atoms with Crippen molar-refractivity contribution in [2.75, 3.05) is 39.1 Å². The van der Waals surface area contributed by atoms with Crippen LogP contribution in [-0.2, 0) is 19.6 Å². The molecule has 1 amide bonds. The Morgan fingerprint density at radius 2 is 1.95 bits per heavy atom. The third-order valence-electron chi connectivity index (χ3n) is 3.89. The fourth-order valence-electron chi connectivity index (χ4n) is 2.52. The standard InChI is InChI=1S/C12H22N2O4S/c1-12(8-18-9-12)11(15)14-5-3-10(4-6-14)7-13-19(2,16)17/h10,13H,3-9H2,1-2H3. The first-order valence-electron chi connectivity index (χ1n) is 6.62. The number of nitrogens with zero attached hydrogens (tertiary/aromatic N) is 1. The Kier molecular flexibility index (Phi) is 4.17. The van der Waals surface area contributed by atoms with Crippen molar-refractivity contribution in [1.82, 2.24) is 9.62 Å². The van der Waals surface area contributed by atoms with E-state index in [0.717, 1.165) is 12.8 Å². The molecule has 19 heavy (non-hydrogen) atoms. The first-order chi connectivity index (χ1) is 8.80. The summed E-state index contributed by atoms with van der Waals surface area (Å²) in [6.45, 7) is 4.87. The first-order valence-corrected chi connectivity index (χ1v) is 8.51. The Labute approximate surface area is 114 Å². The molecular weight excluding hydrogens is 268 g/mol. The first kappa shape index (κ1) is 14.7. The number of carbonyl (C=O) groups excluding carboxylic acids is 1. The van der Waals surface area contributed by atoms with Crippen LogP contribution in [0.2, 0.25) is 0 Å². The van der Waals surface area contributed by atoms with Gasteiger partial charge in [0.2, 0.25) is 15.9 Å². The van der Waals surface area contributed by atoms with Gasteiger partial charge in [-0.15, -0.1) is 0 Å². The van der Waals surface area contributed by atoms with Crippen LogP contribution in [0.15, 0.2) is 0 Å². The highest BCUT2D eigenvalue weighted by atomic mass is 32.2. The van der Waals surface area contributed by atoms with Crippen molar-refractivity contribution in [2.24, 2.45) is 11.3 Å². The minimum absolute atomic E-state index is 0.174. The molecule has 0 spiro atoms. The van der Waals surface area contributed by atoms with Gasteiger partial charge in [-0.3, -0.25) is 4.79 Å². The number of rotatable bonds is 4. The van der Waals surface area contributed by atoms with Crippen LogP contribution < -0.4 is 4.72 Å². The van der Waals surface area contributed by atoms with Crippen molar-refractivity contribution in [1.29, 1.82) is 0 Å². The Morgan fingerprint density at radius 1 is 1.37 bits per heavy atom. The second kappa shape index (κ2) is 5.38. The molecule has 0 bridgehead atoms. The van der Waals surface area contributed by atoms with Gasteiger partial charge >= 0.3 is 0 Å². The van der Waals surface area contributed by atoms with E-state index < -0.39 is 10.0 Å². The molecule has 1 N–H and O–H groups in total. The minimum Gasteiger partial charge on any atom is -0.379 e. The molecule has 0 aromatic rings. The Morgan fingerprint density at radius 3 is 2.37 bits per heavy atom. The molecule has 0 radical (unpaired) electrons. The molecule has 0 atom stereocenters. The molecule has 0 aromatic heterocycles. The molecule has 2 fully saturated rings. The number of nitrogens with one attached hydrogen (secondary N) is 1. The van der Waals surface area contributed by atoms with Gasteiger partial charge in [-0.1, -0.05) is 0 Å². The molecule has 2 saturated heterocycles. The van der Waals surface area contributed by atoms with Crippen LogP contribution >= 0.6 is 0 Å². The number of likely N-dealkylation sites (tertiary alicyclic amines) is 1. The Hall–Kier alpha value is -0.660. The molecule has 0 unspecified atom stereocenters. The van der Waals surface area contributed by atoms with E-state index in [-0.39, 0.29) is 11.3 Å².